The van der Waals surface area contributed by atoms with Gasteiger partial charge in [0, 0.05) is 12.5 Å². The summed E-state index contributed by atoms with van der Waals surface area (Å²) in [5, 5.41) is 3.39. The molecular formula is C13H23N. The van der Waals surface area contributed by atoms with Crippen LogP contribution in [-0.2, 0) is 0 Å². The molecule has 0 heterocycles. The standard InChI is InChI=1S/C13H23N/c1-3-4-10-13(14-2)11-12-8-6-5-7-9-12/h1,12-14H,4-11H2,2H3. The Hall–Kier alpha value is -0.480. The Kier molecular flexibility index (Phi) is 5.71. The summed E-state index contributed by atoms with van der Waals surface area (Å²) in [5.74, 6) is 3.69. The van der Waals surface area contributed by atoms with E-state index in [9.17, 15) is 0 Å². The lowest BCUT2D eigenvalue weighted by molar-refractivity contribution is 0.298. The molecule has 0 aromatic carbocycles. The summed E-state index contributed by atoms with van der Waals surface area (Å²) in [6, 6.07) is 0.647. The van der Waals surface area contributed by atoms with Crippen molar-refractivity contribution in [2.75, 3.05) is 7.05 Å². The number of nitrogens with one attached hydrogen (secondary N) is 1. The van der Waals surface area contributed by atoms with Crippen molar-refractivity contribution in [3.8, 4) is 12.3 Å². The van der Waals surface area contributed by atoms with Crippen LogP contribution in [0.3, 0.4) is 0 Å². The molecule has 0 aliphatic heterocycles. The van der Waals surface area contributed by atoms with E-state index in [0.717, 1.165) is 18.8 Å². The smallest absolute Gasteiger partial charge is 0.0101 e. The zero-order valence-electron chi connectivity index (χ0n) is 9.39. The summed E-state index contributed by atoms with van der Waals surface area (Å²) in [6.45, 7) is 0. The highest BCUT2D eigenvalue weighted by Gasteiger charge is 2.17. The van der Waals surface area contributed by atoms with Crippen LogP contribution in [0, 0.1) is 18.3 Å². The predicted octanol–water partition coefficient (Wildman–Crippen LogP) is 2.96. The molecule has 1 heteroatoms. The maximum absolute atomic E-state index is 5.29. The van der Waals surface area contributed by atoms with Crippen LogP contribution in [0.25, 0.3) is 0 Å². The summed E-state index contributed by atoms with van der Waals surface area (Å²) in [6.07, 6.45) is 15.9. The van der Waals surface area contributed by atoms with Crippen molar-refractivity contribution in [2.24, 2.45) is 5.92 Å². The minimum absolute atomic E-state index is 0.647. The summed E-state index contributed by atoms with van der Waals surface area (Å²) in [4.78, 5) is 0. The summed E-state index contributed by atoms with van der Waals surface area (Å²) in [5.41, 5.74) is 0. The lowest BCUT2D eigenvalue weighted by Crippen LogP contribution is -2.28. The van der Waals surface area contributed by atoms with Gasteiger partial charge >= 0.3 is 0 Å². The maximum atomic E-state index is 5.29. The first-order valence-electron chi connectivity index (χ1n) is 5.97. The Labute approximate surface area is 88.7 Å². The van der Waals surface area contributed by atoms with E-state index in [-0.39, 0.29) is 0 Å². The molecule has 1 fully saturated rings. The molecule has 0 spiro atoms. The molecule has 1 aliphatic carbocycles. The van der Waals surface area contributed by atoms with E-state index in [0.29, 0.717) is 6.04 Å². The lowest BCUT2D eigenvalue weighted by Gasteiger charge is -2.26. The topological polar surface area (TPSA) is 12.0 Å². The molecule has 0 aromatic heterocycles. The van der Waals surface area contributed by atoms with Gasteiger partial charge in [-0.2, -0.15) is 0 Å². The molecule has 80 valence electrons. The van der Waals surface area contributed by atoms with E-state index in [4.69, 9.17) is 6.42 Å². The molecule has 1 aliphatic rings. The molecule has 14 heavy (non-hydrogen) atoms. The third-order valence-corrected chi connectivity index (χ3v) is 3.39. The van der Waals surface area contributed by atoms with Gasteiger partial charge in [0.05, 0.1) is 0 Å². The van der Waals surface area contributed by atoms with Crippen LogP contribution in [0.1, 0.15) is 51.4 Å². The lowest BCUT2D eigenvalue weighted by atomic mass is 9.84. The number of hydrogen-bond donors (Lipinski definition) is 1. The Balaban J connectivity index is 2.20. The average Bonchev–Trinajstić information content (AvgIpc) is 2.25. The van der Waals surface area contributed by atoms with E-state index >= 15 is 0 Å². The molecule has 1 saturated carbocycles. The molecular weight excluding hydrogens is 170 g/mol. The van der Waals surface area contributed by atoms with Crippen LogP contribution in [0.2, 0.25) is 0 Å². The minimum Gasteiger partial charge on any atom is -0.317 e. The fourth-order valence-electron chi connectivity index (χ4n) is 2.46. The molecule has 0 aromatic rings. The first kappa shape index (κ1) is 11.6. The maximum Gasteiger partial charge on any atom is 0.0101 e. The highest BCUT2D eigenvalue weighted by atomic mass is 14.9. The molecule has 1 atom stereocenters. The van der Waals surface area contributed by atoms with Gasteiger partial charge < -0.3 is 5.32 Å². The van der Waals surface area contributed by atoms with Crippen molar-refractivity contribution in [1.29, 1.82) is 0 Å². The van der Waals surface area contributed by atoms with Gasteiger partial charge in [0.15, 0.2) is 0 Å². The minimum atomic E-state index is 0.647. The quantitative estimate of drug-likeness (QED) is 0.662. The van der Waals surface area contributed by atoms with E-state index in [2.05, 4.69) is 18.3 Å². The van der Waals surface area contributed by atoms with E-state index in [1.807, 2.05) is 0 Å². The second kappa shape index (κ2) is 6.90. The molecule has 0 radical (unpaired) electrons. The largest absolute Gasteiger partial charge is 0.317 e. The normalized spacial score (nSPS) is 20.3. The number of rotatable bonds is 5. The van der Waals surface area contributed by atoms with Crippen LogP contribution in [0.15, 0.2) is 0 Å². The second-order valence-electron chi connectivity index (χ2n) is 4.47. The third-order valence-electron chi connectivity index (χ3n) is 3.39. The summed E-state index contributed by atoms with van der Waals surface area (Å²) < 4.78 is 0. The van der Waals surface area contributed by atoms with Crippen LogP contribution in [0.5, 0.6) is 0 Å². The van der Waals surface area contributed by atoms with Gasteiger partial charge in [0.2, 0.25) is 0 Å². The zero-order valence-corrected chi connectivity index (χ0v) is 9.39. The second-order valence-corrected chi connectivity index (χ2v) is 4.47. The SMILES string of the molecule is C#CCCC(CC1CCCCC1)NC. The monoisotopic (exact) mass is 193 g/mol. The van der Waals surface area contributed by atoms with Gasteiger partial charge in [-0.3, -0.25) is 0 Å². The molecule has 1 unspecified atom stereocenters. The molecule has 0 saturated heterocycles. The van der Waals surface area contributed by atoms with E-state index < -0.39 is 0 Å². The Morgan fingerprint density at radius 3 is 2.64 bits per heavy atom. The van der Waals surface area contributed by atoms with Gasteiger partial charge in [-0.25, -0.2) is 0 Å². The number of hydrogen-bond acceptors (Lipinski definition) is 1. The van der Waals surface area contributed by atoms with Crippen molar-refractivity contribution < 1.29 is 0 Å². The zero-order chi connectivity index (χ0) is 10.2. The highest BCUT2D eigenvalue weighted by Crippen LogP contribution is 2.27. The highest BCUT2D eigenvalue weighted by molar-refractivity contribution is 4.86. The molecule has 0 bridgehead atoms. The Morgan fingerprint density at radius 1 is 1.36 bits per heavy atom. The Bertz CT molecular complexity index is 174. The van der Waals surface area contributed by atoms with Crippen LogP contribution < -0.4 is 5.32 Å². The molecule has 1 N–H and O–H groups in total. The first-order valence-corrected chi connectivity index (χ1v) is 5.97. The van der Waals surface area contributed by atoms with Crippen molar-refractivity contribution in [3.63, 3.8) is 0 Å². The van der Waals surface area contributed by atoms with Gasteiger partial charge in [-0.05, 0) is 25.8 Å². The van der Waals surface area contributed by atoms with Gasteiger partial charge in [-0.15, -0.1) is 12.3 Å². The molecule has 0 amide bonds. The molecule has 1 rings (SSSR count). The summed E-state index contributed by atoms with van der Waals surface area (Å²) >= 11 is 0. The van der Waals surface area contributed by atoms with Crippen LogP contribution in [0.4, 0.5) is 0 Å². The van der Waals surface area contributed by atoms with Crippen LogP contribution >= 0.6 is 0 Å². The van der Waals surface area contributed by atoms with Crippen molar-refractivity contribution in [3.05, 3.63) is 0 Å². The fraction of sp³-hybridized carbons (Fsp3) is 0.846. The van der Waals surface area contributed by atoms with Crippen LogP contribution in [-0.4, -0.2) is 13.1 Å². The average molecular weight is 193 g/mol. The van der Waals surface area contributed by atoms with Crippen molar-refractivity contribution >= 4 is 0 Å². The van der Waals surface area contributed by atoms with E-state index in [1.165, 1.54) is 38.5 Å². The molecule has 1 nitrogen and oxygen atoms in total. The van der Waals surface area contributed by atoms with Gasteiger partial charge in [-0.1, -0.05) is 32.1 Å². The predicted molar refractivity (Wildman–Crippen MR) is 62.1 cm³/mol. The Morgan fingerprint density at radius 2 is 2.07 bits per heavy atom. The van der Waals surface area contributed by atoms with Crippen molar-refractivity contribution in [1.82, 2.24) is 5.32 Å². The third kappa shape index (κ3) is 4.15. The van der Waals surface area contributed by atoms with E-state index in [1.54, 1.807) is 0 Å². The summed E-state index contributed by atoms with van der Waals surface area (Å²) in [7, 11) is 2.06. The van der Waals surface area contributed by atoms with Gasteiger partial charge in [0.25, 0.3) is 0 Å². The van der Waals surface area contributed by atoms with Gasteiger partial charge in [0.1, 0.15) is 0 Å². The number of terminal acetylenes is 1. The van der Waals surface area contributed by atoms with Crippen molar-refractivity contribution in [2.45, 2.75) is 57.4 Å². The first-order chi connectivity index (χ1) is 6.86. The fourth-order valence-corrected chi connectivity index (χ4v) is 2.46.